The first-order valence-electron chi connectivity index (χ1n) is 5.48. The number of anilines is 1. The molecule has 0 fully saturated rings. The lowest BCUT2D eigenvalue weighted by Crippen LogP contribution is -2.22. The fourth-order valence-corrected chi connectivity index (χ4v) is 4.14. The van der Waals surface area contributed by atoms with Crippen molar-refractivity contribution in [2.75, 3.05) is 22.5 Å². The van der Waals surface area contributed by atoms with Gasteiger partial charge in [0.2, 0.25) is 10.0 Å². The van der Waals surface area contributed by atoms with Crippen LogP contribution in [0.4, 0.5) is 5.69 Å². The molecular formula is C11H17NO5S2. The van der Waals surface area contributed by atoms with Crippen molar-refractivity contribution in [2.45, 2.75) is 13.8 Å². The molecule has 0 spiro atoms. The minimum absolute atomic E-state index is 0.0802. The molecule has 0 saturated heterocycles. The molecule has 0 amide bonds. The van der Waals surface area contributed by atoms with Crippen molar-refractivity contribution in [3.63, 3.8) is 0 Å². The second-order valence-electron chi connectivity index (χ2n) is 4.50. The number of benzene rings is 1. The summed E-state index contributed by atoms with van der Waals surface area (Å²) in [6.07, 6.45) is 0.985. The summed E-state index contributed by atoms with van der Waals surface area (Å²) in [7, 11) is -7.06. The highest BCUT2D eigenvalue weighted by Crippen LogP contribution is 2.25. The SMILES string of the molecule is Cc1cc(NS(=O)(=O)CCS(C)(=O)=O)c(C)cc1O. The maximum absolute atomic E-state index is 11.8. The zero-order chi connectivity index (χ0) is 14.8. The summed E-state index contributed by atoms with van der Waals surface area (Å²) in [4.78, 5) is 0. The number of rotatable bonds is 5. The van der Waals surface area contributed by atoms with E-state index >= 15 is 0 Å². The maximum Gasteiger partial charge on any atom is 0.233 e. The Kier molecular flexibility index (Phi) is 4.46. The lowest BCUT2D eigenvalue weighted by molar-refractivity contribution is 0.471. The van der Waals surface area contributed by atoms with E-state index in [0.29, 0.717) is 16.8 Å². The van der Waals surface area contributed by atoms with E-state index in [1.165, 1.54) is 12.1 Å². The first-order valence-corrected chi connectivity index (χ1v) is 9.20. The third kappa shape index (κ3) is 5.07. The van der Waals surface area contributed by atoms with Crippen molar-refractivity contribution in [3.05, 3.63) is 23.3 Å². The lowest BCUT2D eigenvalue weighted by atomic mass is 10.1. The number of nitrogens with one attached hydrogen (secondary N) is 1. The standard InChI is InChI=1S/C11H17NO5S2/c1-8-7-11(13)9(2)6-10(8)12-19(16,17)5-4-18(3,14)15/h6-7,12-13H,4-5H2,1-3H3. The van der Waals surface area contributed by atoms with E-state index in [1.54, 1.807) is 13.8 Å². The van der Waals surface area contributed by atoms with Crippen molar-refractivity contribution >= 4 is 25.5 Å². The minimum Gasteiger partial charge on any atom is -0.508 e. The highest BCUT2D eigenvalue weighted by Gasteiger charge is 2.16. The summed E-state index contributed by atoms with van der Waals surface area (Å²) in [6.45, 7) is 3.29. The summed E-state index contributed by atoms with van der Waals surface area (Å²) in [5, 5.41) is 9.48. The normalized spacial score (nSPS) is 12.4. The van der Waals surface area contributed by atoms with E-state index in [-0.39, 0.29) is 5.75 Å². The zero-order valence-electron chi connectivity index (χ0n) is 11.0. The van der Waals surface area contributed by atoms with Crippen molar-refractivity contribution < 1.29 is 21.9 Å². The van der Waals surface area contributed by atoms with Crippen LogP contribution in [0.15, 0.2) is 12.1 Å². The van der Waals surface area contributed by atoms with E-state index in [0.717, 1.165) is 6.26 Å². The zero-order valence-corrected chi connectivity index (χ0v) is 12.6. The van der Waals surface area contributed by atoms with Crippen molar-refractivity contribution in [1.82, 2.24) is 0 Å². The maximum atomic E-state index is 11.8. The fraction of sp³-hybridized carbons (Fsp3) is 0.455. The van der Waals surface area contributed by atoms with Crippen LogP contribution in [-0.2, 0) is 19.9 Å². The number of aryl methyl sites for hydroxylation is 2. The van der Waals surface area contributed by atoms with E-state index in [2.05, 4.69) is 4.72 Å². The smallest absolute Gasteiger partial charge is 0.233 e. The molecule has 8 heteroatoms. The molecule has 0 atom stereocenters. The molecule has 0 heterocycles. The largest absolute Gasteiger partial charge is 0.508 e. The Morgan fingerprint density at radius 2 is 1.63 bits per heavy atom. The molecule has 19 heavy (non-hydrogen) atoms. The second kappa shape index (κ2) is 5.38. The number of phenolic OH excluding ortho intramolecular Hbond substituents is 1. The number of hydrogen-bond donors (Lipinski definition) is 2. The average Bonchev–Trinajstić information content (AvgIpc) is 2.22. The molecule has 108 valence electrons. The van der Waals surface area contributed by atoms with Crippen LogP contribution < -0.4 is 4.72 Å². The molecule has 0 bridgehead atoms. The Balaban J connectivity index is 2.93. The molecule has 1 aromatic carbocycles. The van der Waals surface area contributed by atoms with Crippen molar-refractivity contribution in [2.24, 2.45) is 0 Å². The topological polar surface area (TPSA) is 101 Å². The highest BCUT2D eigenvalue weighted by molar-refractivity contribution is 7.95. The average molecular weight is 307 g/mol. The molecule has 1 rings (SSSR count). The van der Waals surface area contributed by atoms with Gasteiger partial charge in [-0.1, -0.05) is 0 Å². The van der Waals surface area contributed by atoms with Gasteiger partial charge in [-0.05, 0) is 37.1 Å². The van der Waals surface area contributed by atoms with E-state index < -0.39 is 31.4 Å². The number of aromatic hydroxyl groups is 1. The number of phenols is 1. The summed E-state index contributed by atoms with van der Waals surface area (Å²) in [5.41, 5.74) is 1.43. The van der Waals surface area contributed by atoms with Gasteiger partial charge < -0.3 is 5.11 Å². The van der Waals surface area contributed by atoms with E-state index in [4.69, 9.17) is 0 Å². The van der Waals surface area contributed by atoms with Crippen LogP contribution >= 0.6 is 0 Å². The molecule has 0 aliphatic rings. The van der Waals surface area contributed by atoms with Gasteiger partial charge in [0.15, 0.2) is 0 Å². The van der Waals surface area contributed by atoms with Crippen molar-refractivity contribution in [1.29, 1.82) is 0 Å². The van der Waals surface area contributed by atoms with Gasteiger partial charge in [-0.15, -0.1) is 0 Å². The van der Waals surface area contributed by atoms with Crippen LogP contribution in [0.5, 0.6) is 5.75 Å². The number of sulfonamides is 1. The van der Waals surface area contributed by atoms with Gasteiger partial charge in [0, 0.05) is 6.26 Å². The predicted octanol–water partition coefficient (Wildman–Crippen LogP) is 0.795. The number of sulfone groups is 1. The van der Waals surface area contributed by atoms with E-state index in [9.17, 15) is 21.9 Å². The van der Waals surface area contributed by atoms with Gasteiger partial charge in [-0.25, -0.2) is 16.8 Å². The highest BCUT2D eigenvalue weighted by atomic mass is 32.2. The quantitative estimate of drug-likeness (QED) is 0.783. The first kappa shape index (κ1) is 15.8. The Morgan fingerprint density at radius 1 is 1.05 bits per heavy atom. The molecular weight excluding hydrogens is 290 g/mol. The lowest BCUT2D eigenvalue weighted by Gasteiger charge is -2.12. The van der Waals surface area contributed by atoms with Crippen LogP contribution in [0.25, 0.3) is 0 Å². The van der Waals surface area contributed by atoms with Crippen LogP contribution in [0.3, 0.4) is 0 Å². The summed E-state index contributed by atoms with van der Waals surface area (Å²) in [5.74, 6) is -0.847. The Labute approximate surface area is 113 Å². The molecule has 0 unspecified atom stereocenters. The van der Waals surface area contributed by atoms with Crippen LogP contribution in [0, 0.1) is 13.8 Å². The fourth-order valence-electron chi connectivity index (χ4n) is 1.39. The van der Waals surface area contributed by atoms with Gasteiger partial charge in [0.25, 0.3) is 0 Å². The van der Waals surface area contributed by atoms with Crippen molar-refractivity contribution in [3.8, 4) is 5.75 Å². The molecule has 0 radical (unpaired) electrons. The third-order valence-electron chi connectivity index (χ3n) is 2.53. The van der Waals surface area contributed by atoms with Crippen LogP contribution in [0.2, 0.25) is 0 Å². The summed E-state index contributed by atoms with van der Waals surface area (Å²) < 4.78 is 47.8. The van der Waals surface area contributed by atoms with Crippen LogP contribution in [0.1, 0.15) is 11.1 Å². The monoisotopic (exact) mass is 307 g/mol. The van der Waals surface area contributed by atoms with Crippen LogP contribution in [-0.4, -0.2) is 39.7 Å². The van der Waals surface area contributed by atoms with Gasteiger partial charge in [0.05, 0.1) is 17.2 Å². The Morgan fingerprint density at radius 3 is 2.16 bits per heavy atom. The van der Waals surface area contributed by atoms with Gasteiger partial charge >= 0.3 is 0 Å². The molecule has 6 nitrogen and oxygen atoms in total. The Hall–Kier alpha value is -1.28. The molecule has 2 N–H and O–H groups in total. The van der Waals surface area contributed by atoms with Gasteiger partial charge in [-0.2, -0.15) is 0 Å². The third-order valence-corrected chi connectivity index (χ3v) is 5.01. The predicted molar refractivity (Wildman–Crippen MR) is 74.7 cm³/mol. The summed E-state index contributed by atoms with van der Waals surface area (Å²) in [6, 6.07) is 2.95. The second-order valence-corrected chi connectivity index (χ2v) is 8.61. The molecule has 0 aromatic heterocycles. The molecule has 1 aromatic rings. The minimum atomic E-state index is -3.73. The van der Waals surface area contributed by atoms with E-state index in [1.807, 2.05) is 0 Å². The molecule has 0 saturated carbocycles. The molecule has 0 aliphatic heterocycles. The number of hydrogen-bond acceptors (Lipinski definition) is 5. The Bertz CT molecular complexity index is 677. The van der Waals surface area contributed by atoms with Gasteiger partial charge in [-0.3, -0.25) is 4.72 Å². The van der Waals surface area contributed by atoms with Gasteiger partial charge in [0.1, 0.15) is 15.6 Å². The first-order chi connectivity index (χ1) is 8.50. The summed E-state index contributed by atoms with van der Waals surface area (Å²) >= 11 is 0. The molecule has 0 aliphatic carbocycles.